The molecular weight excluding hydrogens is 330 g/mol. The highest BCUT2D eigenvalue weighted by atomic mass is 16.2. The number of aromatic amines is 1. The molecule has 0 unspecified atom stereocenters. The maximum absolute atomic E-state index is 13.1. The predicted octanol–water partition coefficient (Wildman–Crippen LogP) is 2.30. The summed E-state index contributed by atoms with van der Waals surface area (Å²) >= 11 is 0. The minimum atomic E-state index is -0.677. The molecule has 1 N–H and O–H groups in total. The third kappa shape index (κ3) is 2.37. The maximum Gasteiger partial charge on any atom is 0.316 e. The highest BCUT2D eigenvalue weighted by molar-refractivity contribution is 6.09. The molecule has 0 spiro atoms. The Morgan fingerprint density at radius 2 is 1.96 bits per heavy atom. The molecule has 1 atom stereocenters. The van der Waals surface area contributed by atoms with E-state index in [1.54, 1.807) is 23.1 Å². The van der Waals surface area contributed by atoms with E-state index >= 15 is 0 Å². The van der Waals surface area contributed by atoms with Gasteiger partial charge < -0.3 is 14.5 Å². The summed E-state index contributed by atoms with van der Waals surface area (Å²) in [4.78, 5) is 41.4. The number of carbonyl (C=O) groups excluding carboxylic acids is 1. The third-order valence-electron chi connectivity index (χ3n) is 4.96. The predicted molar refractivity (Wildman–Crippen MR) is 101 cm³/mol. The van der Waals surface area contributed by atoms with Crippen molar-refractivity contribution in [1.82, 2.24) is 9.55 Å². The fraction of sp³-hybridized carbons (Fsp3) is 0.250. The Kier molecular flexibility index (Phi) is 3.76. The van der Waals surface area contributed by atoms with E-state index in [4.69, 9.17) is 0 Å². The van der Waals surface area contributed by atoms with Crippen LogP contribution in [-0.2, 0) is 13.0 Å². The van der Waals surface area contributed by atoms with E-state index in [-0.39, 0.29) is 11.9 Å². The van der Waals surface area contributed by atoms with Gasteiger partial charge in [0.05, 0.1) is 11.0 Å². The summed E-state index contributed by atoms with van der Waals surface area (Å²) in [6, 6.07) is 13.0. The van der Waals surface area contributed by atoms with Crippen molar-refractivity contribution in [3.63, 3.8) is 0 Å². The van der Waals surface area contributed by atoms with Gasteiger partial charge in [0.15, 0.2) is 0 Å². The lowest BCUT2D eigenvalue weighted by molar-refractivity contribution is 0.0981. The van der Waals surface area contributed by atoms with E-state index in [0.717, 1.165) is 17.7 Å². The molecule has 0 fully saturated rings. The van der Waals surface area contributed by atoms with Crippen LogP contribution in [-0.4, -0.2) is 21.5 Å². The molecule has 0 saturated carbocycles. The summed E-state index contributed by atoms with van der Waals surface area (Å²) < 4.78 is 1.41. The summed E-state index contributed by atoms with van der Waals surface area (Å²) in [7, 11) is 0. The minimum absolute atomic E-state index is 0.0687. The van der Waals surface area contributed by atoms with Gasteiger partial charge >= 0.3 is 11.1 Å². The van der Waals surface area contributed by atoms with E-state index in [0.29, 0.717) is 23.1 Å². The zero-order valence-corrected chi connectivity index (χ0v) is 14.7. The molecule has 1 amide bonds. The summed E-state index contributed by atoms with van der Waals surface area (Å²) in [6.45, 7) is 4.22. The van der Waals surface area contributed by atoms with Crippen molar-refractivity contribution >= 4 is 22.6 Å². The number of amides is 1. The molecule has 1 aromatic heterocycles. The van der Waals surface area contributed by atoms with Crippen LogP contribution in [0.25, 0.3) is 11.0 Å². The number of nitrogens with one attached hydrogen (secondary N) is 1. The van der Waals surface area contributed by atoms with Crippen LogP contribution in [0.4, 0.5) is 5.69 Å². The molecule has 6 nitrogen and oxygen atoms in total. The van der Waals surface area contributed by atoms with Crippen molar-refractivity contribution in [1.29, 1.82) is 0 Å². The average molecular weight is 349 g/mol. The quantitative estimate of drug-likeness (QED) is 0.722. The molecule has 2 heterocycles. The second kappa shape index (κ2) is 5.98. The Morgan fingerprint density at radius 1 is 1.19 bits per heavy atom. The van der Waals surface area contributed by atoms with Crippen molar-refractivity contribution in [3.8, 4) is 0 Å². The number of carbonyl (C=O) groups is 1. The topological polar surface area (TPSA) is 75.2 Å². The van der Waals surface area contributed by atoms with Crippen molar-refractivity contribution in [2.24, 2.45) is 0 Å². The van der Waals surface area contributed by atoms with Crippen LogP contribution in [0.2, 0.25) is 0 Å². The third-order valence-corrected chi connectivity index (χ3v) is 4.96. The summed E-state index contributed by atoms with van der Waals surface area (Å²) in [5.74, 6) is -0.112. The van der Waals surface area contributed by atoms with Crippen molar-refractivity contribution in [2.75, 3.05) is 4.90 Å². The SMILES string of the molecule is CCn1c(=O)c(=O)[nH]c2cc(C(=O)N3c4ccccc4C[C@H]3C)ccc21. The number of H-pyrrole nitrogens is 1. The van der Waals surface area contributed by atoms with Crippen LogP contribution in [0.3, 0.4) is 0 Å². The molecule has 0 aliphatic carbocycles. The van der Waals surface area contributed by atoms with Crippen LogP contribution in [0, 0.1) is 0 Å². The summed E-state index contributed by atoms with van der Waals surface area (Å²) in [6.07, 6.45) is 0.821. The van der Waals surface area contributed by atoms with Gasteiger partial charge in [-0.25, -0.2) is 0 Å². The lowest BCUT2D eigenvalue weighted by atomic mass is 10.1. The van der Waals surface area contributed by atoms with Gasteiger partial charge in [-0.15, -0.1) is 0 Å². The number of anilines is 1. The van der Waals surface area contributed by atoms with Crippen molar-refractivity contribution in [2.45, 2.75) is 32.9 Å². The number of aromatic nitrogens is 2. The lowest BCUT2D eigenvalue weighted by Gasteiger charge is -2.23. The van der Waals surface area contributed by atoms with E-state index in [1.165, 1.54) is 4.57 Å². The van der Waals surface area contributed by atoms with Gasteiger partial charge in [-0.05, 0) is 50.1 Å². The van der Waals surface area contributed by atoms with E-state index in [9.17, 15) is 14.4 Å². The molecule has 2 aromatic carbocycles. The van der Waals surface area contributed by atoms with E-state index in [2.05, 4.69) is 4.98 Å². The number of benzene rings is 2. The van der Waals surface area contributed by atoms with Gasteiger partial charge in [0.1, 0.15) is 0 Å². The molecule has 132 valence electrons. The van der Waals surface area contributed by atoms with Crippen LogP contribution < -0.4 is 16.0 Å². The zero-order valence-electron chi connectivity index (χ0n) is 14.7. The van der Waals surface area contributed by atoms with E-state index in [1.807, 2.05) is 38.1 Å². The van der Waals surface area contributed by atoms with Gasteiger partial charge in [0, 0.05) is 23.8 Å². The number of rotatable bonds is 2. The van der Waals surface area contributed by atoms with Gasteiger partial charge in [-0.3, -0.25) is 14.4 Å². The second-order valence-electron chi connectivity index (χ2n) is 6.59. The fourth-order valence-electron chi connectivity index (χ4n) is 3.74. The Labute approximate surface area is 149 Å². The maximum atomic E-state index is 13.1. The van der Waals surface area contributed by atoms with E-state index < -0.39 is 11.1 Å². The monoisotopic (exact) mass is 349 g/mol. The zero-order chi connectivity index (χ0) is 18.4. The Morgan fingerprint density at radius 3 is 2.73 bits per heavy atom. The fourth-order valence-corrected chi connectivity index (χ4v) is 3.74. The van der Waals surface area contributed by atoms with Crippen LogP contribution >= 0.6 is 0 Å². The molecule has 1 aliphatic rings. The number of hydrogen-bond donors (Lipinski definition) is 1. The van der Waals surface area contributed by atoms with Gasteiger partial charge in [0.2, 0.25) is 0 Å². The average Bonchev–Trinajstić information content (AvgIpc) is 2.97. The Hall–Kier alpha value is -3.15. The first-order valence-corrected chi connectivity index (χ1v) is 8.69. The van der Waals surface area contributed by atoms with Crippen LogP contribution in [0.15, 0.2) is 52.1 Å². The lowest BCUT2D eigenvalue weighted by Crippen LogP contribution is -2.37. The highest BCUT2D eigenvalue weighted by Gasteiger charge is 2.31. The smallest absolute Gasteiger partial charge is 0.316 e. The number of fused-ring (bicyclic) bond motifs is 2. The first-order valence-electron chi connectivity index (χ1n) is 8.69. The minimum Gasteiger partial charge on any atom is -0.316 e. The number of aryl methyl sites for hydroxylation is 1. The molecular formula is C20H19N3O3. The summed E-state index contributed by atoms with van der Waals surface area (Å²) in [5, 5.41) is 0. The normalized spacial score (nSPS) is 16.1. The van der Waals surface area contributed by atoms with Crippen molar-refractivity contribution < 1.29 is 4.79 Å². The first-order chi connectivity index (χ1) is 12.5. The molecule has 1 aliphatic heterocycles. The molecule has 0 radical (unpaired) electrons. The largest absolute Gasteiger partial charge is 0.316 e. The highest BCUT2D eigenvalue weighted by Crippen LogP contribution is 2.33. The van der Waals surface area contributed by atoms with Gasteiger partial charge in [-0.1, -0.05) is 18.2 Å². The van der Waals surface area contributed by atoms with Gasteiger partial charge in [0.25, 0.3) is 5.91 Å². The molecule has 0 saturated heterocycles. The molecule has 26 heavy (non-hydrogen) atoms. The van der Waals surface area contributed by atoms with Gasteiger partial charge in [-0.2, -0.15) is 0 Å². The molecule has 3 aromatic rings. The molecule has 4 rings (SSSR count). The summed E-state index contributed by atoms with van der Waals surface area (Å²) in [5.41, 5.74) is 2.41. The second-order valence-corrected chi connectivity index (χ2v) is 6.59. The Balaban J connectivity index is 1.83. The Bertz CT molecular complexity index is 1140. The number of hydrogen-bond acceptors (Lipinski definition) is 3. The van der Waals surface area contributed by atoms with Crippen LogP contribution in [0.1, 0.15) is 29.8 Å². The first kappa shape index (κ1) is 16.3. The number of nitrogens with zero attached hydrogens (tertiary/aromatic N) is 2. The van der Waals surface area contributed by atoms with Crippen molar-refractivity contribution in [3.05, 3.63) is 74.3 Å². The standard InChI is InChI=1S/C20H19N3O3/c1-3-22-17-9-8-14(11-15(17)21-18(24)20(22)26)19(25)23-12(2)10-13-6-4-5-7-16(13)23/h4-9,11-12H,3,10H2,1-2H3,(H,21,24)/t12-/m1/s1. The molecule has 6 heteroatoms. The molecule has 0 bridgehead atoms. The van der Waals surface area contributed by atoms with Crippen LogP contribution in [0.5, 0.6) is 0 Å². The number of para-hydroxylation sites is 1.